The van der Waals surface area contributed by atoms with E-state index in [0.29, 0.717) is 0 Å². The minimum absolute atomic E-state index is 0.00343. The first kappa shape index (κ1) is 12.6. The molecule has 19 heavy (non-hydrogen) atoms. The summed E-state index contributed by atoms with van der Waals surface area (Å²) in [6.45, 7) is 1.37. The van der Waals surface area contributed by atoms with Gasteiger partial charge >= 0.3 is 11.6 Å². The summed E-state index contributed by atoms with van der Waals surface area (Å²) >= 11 is 0. The molecule has 0 saturated carbocycles. The number of aromatic carboxylic acids is 1. The summed E-state index contributed by atoms with van der Waals surface area (Å²) in [6, 6.07) is 1.80. The number of rotatable bonds is 2. The number of hydrogen-bond donors (Lipinski definition) is 2. The second-order valence-corrected chi connectivity index (χ2v) is 3.79. The highest BCUT2D eigenvalue weighted by molar-refractivity contribution is 5.95. The van der Waals surface area contributed by atoms with Crippen LogP contribution in [-0.4, -0.2) is 21.1 Å². The van der Waals surface area contributed by atoms with E-state index < -0.39 is 33.5 Å². The van der Waals surface area contributed by atoms with E-state index in [4.69, 9.17) is 9.52 Å². The lowest BCUT2D eigenvalue weighted by Gasteiger charge is -2.05. The van der Waals surface area contributed by atoms with E-state index >= 15 is 0 Å². The lowest BCUT2D eigenvalue weighted by molar-refractivity contribution is -0.385. The molecule has 2 N–H and O–H groups in total. The van der Waals surface area contributed by atoms with Crippen molar-refractivity contribution in [2.75, 3.05) is 0 Å². The predicted molar refractivity (Wildman–Crippen MR) is 62.5 cm³/mol. The summed E-state index contributed by atoms with van der Waals surface area (Å²) in [5, 5.41) is 29.2. The maximum Gasteiger partial charge on any atom is 0.351 e. The molecule has 0 unspecified atom stereocenters. The molecule has 1 aromatic heterocycles. The summed E-state index contributed by atoms with van der Waals surface area (Å²) in [7, 11) is 0. The van der Waals surface area contributed by atoms with Gasteiger partial charge in [-0.1, -0.05) is 0 Å². The van der Waals surface area contributed by atoms with Crippen LogP contribution in [0.4, 0.5) is 5.69 Å². The minimum atomic E-state index is -1.51. The van der Waals surface area contributed by atoms with Crippen LogP contribution in [0.25, 0.3) is 11.0 Å². The second kappa shape index (κ2) is 4.09. The van der Waals surface area contributed by atoms with Crippen LogP contribution in [0.15, 0.2) is 21.3 Å². The molecule has 2 rings (SSSR count). The molecule has 0 atom stereocenters. The van der Waals surface area contributed by atoms with Gasteiger partial charge in [-0.25, -0.2) is 9.59 Å². The molecule has 98 valence electrons. The highest BCUT2D eigenvalue weighted by atomic mass is 16.6. The molecule has 0 spiro atoms. The predicted octanol–water partition coefficient (Wildman–Crippen LogP) is 1.41. The van der Waals surface area contributed by atoms with Crippen molar-refractivity contribution in [1.29, 1.82) is 0 Å². The highest BCUT2D eigenvalue weighted by Gasteiger charge is 2.21. The van der Waals surface area contributed by atoms with Crippen LogP contribution < -0.4 is 5.63 Å². The summed E-state index contributed by atoms with van der Waals surface area (Å²) in [5.74, 6) is -2.11. The molecule has 0 fully saturated rings. The van der Waals surface area contributed by atoms with Gasteiger partial charge in [0, 0.05) is 10.9 Å². The number of aromatic hydroxyl groups is 1. The first-order valence-corrected chi connectivity index (χ1v) is 5.01. The van der Waals surface area contributed by atoms with Crippen molar-refractivity contribution in [2.45, 2.75) is 6.92 Å². The second-order valence-electron chi connectivity index (χ2n) is 3.79. The van der Waals surface area contributed by atoms with Gasteiger partial charge < -0.3 is 14.6 Å². The Hall–Kier alpha value is -2.90. The van der Waals surface area contributed by atoms with E-state index in [-0.39, 0.29) is 16.5 Å². The molecular weight excluding hydrogens is 258 g/mol. The monoisotopic (exact) mass is 265 g/mol. The molecule has 0 radical (unpaired) electrons. The van der Waals surface area contributed by atoms with Crippen LogP contribution in [-0.2, 0) is 0 Å². The van der Waals surface area contributed by atoms with Gasteiger partial charge in [0.2, 0.25) is 0 Å². The lowest BCUT2D eigenvalue weighted by atomic mass is 10.1. The average molecular weight is 265 g/mol. The van der Waals surface area contributed by atoms with E-state index in [1.54, 1.807) is 0 Å². The summed E-state index contributed by atoms with van der Waals surface area (Å²) in [4.78, 5) is 32.3. The molecule has 2 aromatic rings. The molecule has 0 aliphatic carbocycles. The Kier molecular flexibility index (Phi) is 2.70. The Morgan fingerprint density at radius 3 is 2.58 bits per heavy atom. The van der Waals surface area contributed by atoms with Crippen LogP contribution in [0.5, 0.6) is 5.75 Å². The number of carbonyl (C=O) groups is 1. The maximum atomic E-state index is 11.4. The maximum absolute atomic E-state index is 11.4. The Bertz CT molecular complexity index is 775. The Morgan fingerprint density at radius 1 is 1.42 bits per heavy atom. The zero-order chi connectivity index (χ0) is 14.3. The minimum Gasteiger partial charge on any atom is -0.504 e. The Balaban J connectivity index is 2.98. The zero-order valence-corrected chi connectivity index (χ0v) is 9.54. The average Bonchev–Trinajstić information content (AvgIpc) is 2.32. The van der Waals surface area contributed by atoms with Gasteiger partial charge in [0.1, 0.15) is 5.56 Å². The normalized spacial score (nSPS) is 10.6. The number of phenolic OH excluding ortho intramolecular Hbond substituents is 1. The number of nitro benzene ring substituents is 1. The number of nitrogens with zero attached hydrogens (tertiary/aromatic N) is 1. The van der Waals surface area contributed by atoms with Gasteiger partial charge in [-0.3, -0.25) is 10.1 Å². The van der Waals surface area contributed by atoms with Gasteiger partial charge in [-0.2, -0.15) is 0 Å². The fourth-order valence-electron chi connectivity index (χ4n) is 1.72. The van der Waals surface area contributed by atoms with E-state index in [9.17, 15) is 24.8 Å². The van der Waals surface area contributed by atoms with E-state index in [2.05, 4.69) is 0 Å². The first-order valence-electron chi connectivity index (χ1n) is 5.01. The van der Waals surface area contributed by atoms with Gasteiger partial charge in [0.25, 0.3) is 5.69 Å². The number of aryl methyl sites for hydroxylation is 1. The van der Waals surface area contributed by atoms with Crippen molar-refractivity contribution in [3.63, 3.8) is 0 Å². The molecule has 8 heteroatoms. The zero-order valence-electron chi connectivity index (χ0n) is 9.54. The molecule has 0 saturated heterocycles. The van der Waals surface area contributed by atoms with Gasteiger partial charge in [0.15, 0.2) is 11.3 Å². The topological polar surface area (TPSA) is 131 Å². The van der Waals surface area contributed by atoms with Crippen LogP contribution >= 0.6 is 0 Å². The molecule has 1 aromatic carbocycles. The molecule has 8 nitrogen and oxygen atoms in total. The number of benzene rings is 1. The van der Waals surface area contributed by atoms with Crippen molar-refractivity contribution >= 4 is 22.6 Å². The number of phenols is 1. The SMILES string of the molecule is Cc1c([N+](=O)[O-])cc(O)c2oc(=O)c(C(=O)O)cc12. The number of carboxylic acids is 1. The molecule has 0 aliphatic heterocycles. The largest absolute Gasteiger partial charge is 0.504 e. The number of hydrogen-bond acceptors (Lipinski definition) is 6. The lowest BCUT2D eigenvalue weighted by Crippen LogP contribution is -2.13. The van der Waals surface area contributed by atoms with Crippen molar-refractivity contribution in [3.05, 3.63) is 43.8 Å². The Morgan fingerprint density at radius 2 is 2.05 bits per heavy atom. The molecular formula is C11H7NO7. The van der Waals surface area contributed by atoms with Crippen molar-refractivity contribution in [2.24, 2.45) is 0 Å². The number of carboxylic acid groups (broad SMARTS) is 1. The van der Waals surface area contributed by atoms with Crippen LogP contribution in [0.1, 0.15) is 15.9 Å². The van der Waals surface area contributed by atoms with Crippen LogP contribution in [0.2, 0.25) is 0 Å². The molecule has 0 aliphatic rings. The fraction of sp³-hybridized carbons (Fsp3) is 0.0909. The molecule has 0 bridgehead atoms. The van der Waals surface area contributed by atoms with E-state index in [1.165, 1.54) is 6.92 Å². The van der Waals surface area contributed by atoms with E-state index in [1.807, 2.05) is 0 Å². The number of nitro groups is 1. The fourth-order valence-corrected chi connectivity index (χ4v) is 1.72. The highest BCUT2D eigenvalue weighted by Crippen LogP contribution is 2.33. The number of fused-ring (bicyclic) bond motifs is 1. The van der Waals surface area contributed by atoms with Crippen molar-refractivity contribution < 1.29 is 24.3 Å². The van der Waals surface area contributed by atoms with Crippen LogP contribution in [0, 0.1) is 17.0 Å². The van der Waals surface area contributed by atoms with Crippen molar-refractivity contribution in [1.82, 2.24) is 0 Å². The summed E-state index contributed by atoms with van der Waals surface area (Å²) in [5.41, 5.74) is -2.36. The van der Waals surface area contributed by atoms with Gasteiger partial charge in [0.05, 0.1) is 11.0 Å². The third-order valence-corrected chi connectivity index (χ3v) is 2.67. The molecule has 0 amide bonds. The third-order valence-electron chi connectivity index (χ3n) is 2.67. The quantitative estimate of drug-likeness (QED) is 0.476. The van der Waals surface area contributed by atoms with Gasteiger partial charge in [-0.15, -0.1) is 0 Å². The smallest absolute Gasteiger partial charge is 0.351 e. The molecule has 1 heterocycles. The summed E-state index contributed by atoms with van der Waals surface area (Å²) < 4.78 is 4.69. The first-order chi connectivity index (χ1) is 8.82. The van der Waals surface area contributed by atoms with E-state index in [0.717, 1.165) is 12.1 Å². The van der Waals surface area contributed by atoms with Crippen LogP contribution in [0.3, 0.4) is 0 Å². The summed E-state index contributed by atoms with van der Waals surface area (Å²) in [6.07, 6.45) is 0. The third kappa shape index (κ3) is 1.88. The van der Waals surface area contributed by atoms with Crippen molar-refractivity contribution in [3.8, 4) is 5.75 Å². The standard InChI is InChI=1S/C11H7NO7/c1-4-5-2-6(10(14)15)11(16)19-9(5)8(13)3-7(4)12(17)18/h2-3,13H,1H3,(H,14,15). The Labute approximate surface area is 104 Å². The van der Waals surface area contributed by atoms with Gasteiger partial charge in [-0.05, 0) is 13.0 Å².